The van der Waals surface area contributed by atoms with Crippen LogP contribution in [-0.4, -0.2) is 21.1 Å². The largest absolute Gasteiger partial charge is 0.345 e. The monoisotopic (exact) mass is 284 g/mol. The molecule has 1 amide bonds. The fraction of sp³-hybridized carbons (Fsp3) is 0.438. The summed E-state index contributed by atoms with van der Waals surface area (Å²) in [4.78, 5) is 16.4. The van der Waals surface area contributed by atoms with E-state index in [0.717, 1.165) is 24.2 Å². The Morgan fingerprint density at radius 3 is 3.00 bits per heavy atom. The van der Waals surface area contributed by atoms with Gasteiger partial charge in [-0.15, -0.1) is 0 Å². The number of amides is 1. The lowest BCUT2D eigenvalue weighted by Gasteiger charge is -2.05. The van der Waals surface area contributed by atoms with Crippen LogP contribution in [0.3, 0.4) is 0 Å². The highest BCUT2D eigenvalue weighted by atomic mass is 16.1. The minimum Gasteiger partial charge on any atom is -0.345 e. The van der Waals surface area contributed by atoms with E-state index >= 15 is 0 Å². The summed E-state index contributed by atoms with van der Waals surface area (Å²) >= 11 is 0. The van der Waals surface area contributed by atoms with Crippen LogP contribution in [0.5, 0.6) is 0 Å². The molecule has 21 heavy (non-hydrogen) atoms. The quantitative estimate of drug-likeness (QED) is 0.850. The summed E-state index contributed by atoms with van der Waals surface area (Å²) in [5.74, 6) is -0.149. The highest BCUT2D eigenvalue weighted by Gasteiger charge is 2.16. The zero-order valence-electron chi connectivity index (χ0n) is 12.3. The van der Waals surface area contributed by atoms with Gasteiger partial charge in [-0.1, -0.05) is 12.5 Å². The average molecular weight is 284 g/mol. The normalized spacial score (nSPS) is 14.3. The van der Waals surface area contributed by atoms with E-state index in [-0.39, 0.29) is 5.91 Å². The van der Waals surface area contributed by atoms with Crippen molar-refractivity contribution in [3.8, 4) is 0 Å². The fourth-order valence-electron chi connectivity index (χ4n) is 2.80. The molecule has 0 aromatic carbocycles. The predicted octanol–water partition coefficient (Wildman–Crippen LogP) is 2.31. The van der Waals surface area contributed by atoms with Crippen molar-refractivity contribution in [1.82, 2.24) is 20.5 Å². The molecule has 1 aliphatic carbocycles. The first kappa shape index (κ1) is 13.8. The summed E-state index contributed by atoms with van der Waals surface area (Å²) in [6.07, 6.45) is 5.80. The Morgan fingerprint density at radius 1 is 1.29 bits per heavy atom. The molecule has 0 spiro atoms. The number of carbonyl (C=O) groups is 1. The Hall–Kier alpha value is -2.17. The summed E-state index contributed by atoms with van der Waals surface area (Å²) in [7, 11) is 0. The number of nitrogens with zero attached hydrogens (tertiary/aromatic N) is 2. The van der Waals surface area contributed by atoms with E-state index in [1.54, 1.807) is 6.07 Å². The van der Waals surface area contributed by atoms with Crippen LogP contribution in [0.25, 0.3) is 0 Å². The molecule has 0 radical (unpaired) electrons. The second-order valence-corrected chi connectivity index (χ2v) is 5.53. The SMILES string of the molecule is Cc1cccc(C(=O)NCc2n[nH]c3c2CCCCC3)n1. The van der Waals surface area contributed by atoms with Crippen LogP contribution in [0, 0.1) is 6.92 Å². The van der Waals surface area contributed by atoms with Crippen molar-refractivity contribution in [2.24, 2.45) is 0 Å². The lowest BCUT2D eigenvalue weighted by Crippen LogP contribution is -2.24. The van der Waals surface area contributed by atoms with Crippen molar-refractivity contribution >= 4 is 5.91 Å². The van der Waals surface area contributed by atoms with Gasteiger partial charge in [0.1, 0.15) is 5.69 Å². The molecule has 0 saturated carbocycles. The van der Waals surface area contributed by atoms with Gasteiger partial charge in [0.05, 0.1) is 12.2 Å². The van der Waals surface area contributed by atoms with Crippen LogP contribution in [0.4, 0.5) is 0 Å². The van der Waals surface area contributed by atoms with Gasteiger partial charge < -0.3 is 5.32 Å². The van der Waals surface area contributed by atoms with Gasteiger partial charge in [-0.25, -0.2) is 4.98 Å². The van der Waals surface area contributed by atoms with Gasteiger partial charge in [0.25, 0.3) is 5.91 Å². The van der Waals surface area contributed by atoms with Crippen LogP contribution in [-0.2, 0) is 19.4 Å². The lowest BCUT2D eigenvalue weighted by molar-refractivity contribution is 0.0945. The maximum absolute atomic E-state index is 12.1. The van der Waals surface area contributed by atoms with Gasteiger partial charge in [-0.2, -0.15) is 5.10 Å². The van der Waals surface area contributed by atoms with Crippen molar-refractivity contribution in [3.05, 3.63) is 46.5 Å². The molecule has 110 valence electrons. The van der Waals surface area contributed by atoms with E-state index in [9.17, 15) is 4.79 Å². The zero-order valence-corrected chi connectivity index (χ0v) is 12.3. The van der Waals surface area contributed by atoms with Crippen molar-refractivity contribution < 1.29 is 4.79 Å². The van der Waals surface area contributed by atoms with Crippen molar-refractivity contribution in [3.63, 3.8) is 0 Å². The molecule has 0 fully saturated rings. The van der Waals surface area contributed by atoms with Crippen LogP contribution in [0.15, 0.2) is 18.2 Å². The van der Waals surface area contributed by atoms with E-state index in [1.165, 1.54) is 30.5 Å². The molecule has 2 aromatic rings. The molecule has 0 saturated heterocycles. The zero-order chi connectivity index (χ0) is 14.7. The first-order chi connectivity index (χ1) is 10.2. The topological polar surface area (TPSA) is 70.7 Å². The van der Waals surface area contributed by atoms with Gasteiger partial charge in [-0.05, 0) is 50.3 Å². The molecule has 0 atom stereocenters. The number of H-pyrrole nitrogens is 1. The van der Waals surface area contributed by atoms with Gasteiger partial charge in [-0.3, -0.25) is 9.89 Å². The molecule has 5 nitrogen and oxygen atoms in total. The standard InChI is InChI=1S/C16H20N4O/c1-11-6-5-9-14(18-11)16(21)17-10-15-12-7-3-2-4-8-13(12)19-20-15/h5-6,9H,2-4,7-8,10H2,1H3,(H,17,21)(H,19,20). The highest BCUT2D eigenvalue weighted by molar-refractivity contribution is 5.92. The lowest BCUT2D eigenvalue weighted by atomic mass is 10.1. The maximum Gasteiger partial charge on any atom is 0.270 e. The molecule has 0 unspecified atom stereocenters. The summed E-state index contributed by atoms with van der Waals surface area (Å²) in [6, 6.07) is 5.45. The Kier molecular flexibility index (Phi) is 3.99. The minimum atomic E-state index is -0.149. The number of carbonyl (C=O) groups excluding carboxylic acids is 1. The molecule has 1 aliphatic rings. The molecule has 2 aromatic heterocycles. The van der Waals surface area contributed by atoms with Crippen LogP contribution in [0.1, 0.15) is 52.4 Å². The Morgan fingerprint density at radius 2 is 2.14 bits per heavy atom. The number of pyridine rings is 1. The van der Waals surface area contributed by atoms with Crippen molar-refractivity contribution in [1.29, 1.82) is 0 Å². The van der Waals surface area contributed by atoms with Crippen LogP contribution in [0.2, 0.25) is 0 Å². The second-order valence-electron chi connectivity index (χ2n) is 5.53. The van der Waals surface area contributed by atoms with Gasteiger partial charge >= 0.3 is 0 Å². The predicted molar refractivity (Wildman–Crippen MR) is 80.0 cm³/mol. The number of aromatic nitrogens is 3. The minimum absolute atomic E-state index is 0.149. The smallest absolute Gasteiger partial charge is 0.270 e. The van der Waals surface area contributed by atoms with Gasteiger partial charge in [0.15, 0.2) is 0 Å². The average Bonchev–Trinajstić information content (AvgIpc) is 2.72. The van der Waals surface area contributed by atoms with E-state index in [2.05, 4.69) is 20.5 Å². The van der Waals surface area contributed by atoms with Gasteiger partial charge in [0.2, 0.25) is 0 Å². The third-order valence-electron chi connectivity index (χ3n) is 3.93. The molecule has 0 aliphatic heterocycles. The Balaban J connectivity index is 1.68. The van der Waals surface area contributed by atoms with Crippen LogP contribution >= 0.6 is 0 Å². The number of hydrogen-bond donors (Lipinski definition) is 2. The molecular weight excluding hydrogens is 264 g/mol. The van der Waals surface area contributed by atoms with Crippen molar-refractivity contribution in [2.75, 3.05) is 0 Å². The molecular formula is C16H20N4O. The van der Waals surface area contributed by atoms with Gasteiger partial charge in [0, 0.05) is 11.4 Å². The number of nitrogens with one attached hydrogen (secondary N) is 2. The molecule has 2 N–H and O–H groups in total. The summed E-state index contributed by atoms with van der Waals surface area (Å²) in [6.45, 7) is 2.34. The first-order valence-corrected chi connectivity index (χ1v) is 7.51. The molecule has 3 rings (SSSR count). The third kappa shape index (κ3) is 3.12. The number of aryl methyl sites for hydroxylation is 2. The fourth-order valence-corrected chi connectivity index (χ4v) is 2.80. The number of hydrogen-bond acceptors (Lipinski definition) is 3. The summed E-state index contributed by atoms with van der Waals surface area (Å²) < 4.78 is 0. The first-order valence-electron chi connectivity index (χ1n) is 7.51. The second kappa shape index (κ2) is 6.08. The third-order valence-corrected chi connectivity index (χ3v) is 3.93. The number of fused-ring (bicyclic) bond motifs is 1. The number of rotatable bonds is 3. The Bertz CT molecular complexity index is 647. The molecule has 2 heterocycles. The molecule has 5 heteroatoms. The highest BCUT2D eigenvalue weighted by Crippen LogP contribution is 2.21. The van der Waals surface area contributed by atoms with E-state index in [4.69, 9.17) is 0 Å². The number of aromatic amines is 1. The van der Waals surface area contributed by atoms with E-state index in [0.29, 0.717) is 12.2 Å². The van der Waals surface area contributed by atoms with E-state index in [1.807, 2.05) is 19.1 Å². The molecule has 0 bridgehead atoms. The Labute approximate surface area is 124 Å². The summed E-state index contributed by atoms with van der Waals surface area (Å²) in [5, 5.41) is 10.4. The maximum atomic E-state index is 12.1. The summed E-state index contributed by atoms with van der Waals surface area (Å²) in [5.41, 5.74) is 4.80. The van der Waals surface area contributed by atoms with E-state index < -0.39 is 0 Å². The van der Waals surface area contributed by atoms with Crippen molar-refractivity contribution in [2.45, 2.75) is 45.6 Å². The van der Waals surface area contributed by atoms with Crippen LogP contribution < -0.4 is 5.32 Å².